The van der Waals surface area contributed by atoms with Gasteiger partial charge in [0.15, 0.2) is 11.6 Å². The number of aromatic nitrogens is 2. The molecular formula is C22H32N6O2S. The topological polar surface area (TPSA) is 72.9 Å². The highest BCUT2D eigenvalue weighted by atomic mass is 32.2. The second-order valence-corrected chi connectivity index (χ2v) is 10.2. The van der Waals surface area contributed by atoms with Gasteiger partial charge in [0.1, 0.15) is 0 Å². The summed E-state index contributed by atoms with van der Waals surface area (Å²) >= 11 is 0. The lowest BCUT2D eigenvalue weighted by Crippen LogP contribution is -2.49. The number of rotatable bonds is 5. The molecule has 2 aliphatic heterocycles. The maximum atomic E-state index is 13.0. The SMILES string of the molecule is CCN1CCN(c2ccc(N3CCN(S(=O)(=O)c4ccc(C)c(C)c4)CC3)nn2)CC1. The first kappa shape index (κ1) is 22.0. The van der Waals surface area contributed by atoms with E-state index in [2.05, 4.69) is 31.8 Å². The summed E-state index contributed by atoms with van der Waals surface area (Å²) in [6.07, 6.45) is 0. The van der Waals surface area contributed by atoms with Crippen LogP contribution >= 0.6 is 0 Å². The van der Waals surface area contributed by atoms with Crippen LogP contribution in [0.1, 0.15) is 18.1 Å². The van der Waals surface area contributed by atoms with Crippen LogP contribution in [-0.4, -0.2) is 86.7 Å². The fourth-order valence-electron chi connectivity index (χ4n) is 4.13. The van der Waals surface area contributed by atoms with Crippen molar-refractivity contribution in [3.63, 3.8) is 0 Å². The number of piperazine rings is 2. The van der Waals surface area contributed by atoms with Crippen molar-refractivity contribution in [3.05, 3.63) is 41.5 Å². The summed E-state index contributed by atoms with van der Waals surface area (Å²) in [4.78, 5) is 7.19. The van der Waals surface area contributed by atoms with Gasteiger partial charge in [-0.05, 0) is 55.8 Å². The predicted molar refractivity (Wildman–Crippen MR) is 123 cm³/mol. The Hall–Kier alpha value is -2.23. The first-order valence-electron chi connectivity index (χ1n) is 11.0. The molecule has 2 aromatic rings. The zero-order chi connectivity index (χ0) is 22.0. The first-order valence-corrected chi connectivity index (χ1v) is 12.5. The Morgan fingerprint density at radius 1 is 0.774 bits per heavy atom. The minimum absolute atomic E-state index is 0.372. The average Bonchev–Trinajstić information content (AvgIpc) is 2.81. The summed E-state index contributed by atoms with van der Waals surface area (Å²) < 4.78 is 27.6. The quantitative estimate of drug-likeness (QED) is 0.696. The molecule has 0 radical (unpaired) electrons. The minimum atomic E-state index is -3.47. The molecule has 2 saturated heterocycles. The van der Waals surface area contributed by atoms with Crippen molar-refractivity contribution in [1.29, 1.82) is 0 Å². The van der Waals surface area contributed by atoms with Crippen LogP contribution in [0.25, 0.3) is 0 Å². The van der Waals surface area contributed by atoms with Gasteiger partial charge < -0.3 is 14.7 Å². The molecule has 0 N–H and O–H groups in total. The van der Waals surface area contributed by atoms with E-state index >= 15 is 0 Å². The van der Waals surface area contributed by atoms with Gasteiger partial charge in [-0.3, -0.25) is 0 Å². The van der Waals surface area contributed by atoms with Crippen molar-refractivity contribution >= 4 is 21.7 Å². The van der Waals surface area contributed by atoms with E-state index in [1.54, 1.807) is 16.4 Å². The Balaban J connectivity index is 1.37. The Labute approximate surface area is 185 Å². The van der Waals surface area contributed by atoms with E-state index in [4.69, 9.17) is 0 Å². The van der Waals surface area contributed by atoms with Crippen LogP contribution in [-0.2, 0) is 10.0 Å². The molecule has 0 unspecified atom stereocenters. The number of nitrogens with zero attached hydrogens (tertiary/aromatic N) is 6. The zero-order valence-electron chi connectivity index (χ0n) is 18.7. The van der Waals surface area contributed by atoms with E-state index in [0.29, 0.717) is 31.1 Å². The van der Waals surface area contributed by atoms with Gasteiger partial charge in [0, 0.05) is 52.4 Å². The van der Waals surface area contributed by atoms with Gasteiger partial charge in [-0.1, -0.05) is 13.0 Å². The fraction of sp³-hybridized carbons (Fsp3) is 0.545. The van der Waals surface area contributed by atoms with E-state index in [9.17, 15) is 8.42 Å². The molecule has 1 aromatic carbocycles. The maximum Gasteiger partial charge on any atom is 0.243 e. The highest BCUT2D eigenvalue weighted by Gasteiger charge is 2.29. The summed E-state index contributed by atoms with van der Waals surface area (Å²) in [6, 6.07) is 9.37. The maximum absolute atomic E-state index is 13.0. The standard InChI is InChI=1S/C22H32N6O2S/c1-4-25-9-11-26(12-10-25)21-7-8-22(24-23-21)27-13-15-28(16-14-27)31(29,30)20-6-5-18(2)19(3)17-20/h5-8,17H,4,9-16H2,1-3H3. The van der Waals surface area contributed by atoms with Crippen LogP contribution in [0.3, 0.4) is 0 Å². The Morgan fingerprint density at radius 2 is 1.32 bits per heavy atom. The molecule has 0 atom stereocenters. The van der Waals surface area contributed by atoms with Gasteiger partial charge in [-0.2, -0.15) is 4.31 Å². The minimum Gasteiger partial charge on any atom is -0.353 e. The van der Waals surface area contributed by atoms with Crippen molar-refractivity contribution in [2.45, 2.75) is 25.7 Å². The van der Waals surface area contributed by atoms with Crippen molar-refractivity contribution < 1.29 is 8.42 Å². The Bertz CT molecular complexity index is 995. The Morgan fingerprint density at radius 3 is 1.81 bits per heavy atom. The number of anilines is 2. The number of likely N-dealkylation sites (N-methyl/N-ethyl adjacent to an activating group) is 1. The van der Waals surface area contributed by atoms with E-state index < -0.39 is 10.0 Å². The third kappa shape index (κ3) is 4.68. The van der Waals surface area contributed by atoms with E-state index in [0.717, 1.165) is 55.5 Å². The largest absolute Gasteiger partial charge is 0.353 e. The highest BCUT2D eigenvalue weighted by Crippen LogP contribution is 2.23. The van der Waals surface area contributed by atoms with Gasteiger partial charge in [0.05, 0.1) is 4.90 Å². The molecule has 168 valence electrons. The smallest absolute Gasteiger partial charge is 0.243 e. The van der Waals surface area contributed by atoms with Gasteiger partial charge >= 0.3 is 0 Å². The molecule has 4 rings (SSSR count). The number of benzene rings is 1. The molecule has 0 bridgehead atoms. The van der Waals surface area contributed by atoms with E-state index in [-0.39, 0.29) is 0 Å². The van der Waals surface area contributed by atoms with Crippen molar-refractivity contribution in [2.24, 2.45) is 0 Å². The monoisotopic (exact) mass is 444 g/mol. The third-order valence-corrected chi connectivity index (χ3v) is 8.35. The van der Waals surface area contributed by atoms with Crippen LogP contribution in [0, 0.1) is 13.8 Å². The molecule has 0 amide bonds. The molecule has 1 aromatic heterocycles. The lowest BCUT2D eigenvalue weighted by atomic mass is 10.1. The zero-order valence-corrected chi connectivity index (χ0v) is 19.5. The lowest BCUT2D eigenvalue weighted by Gasteiger charge is -2.35. The summed E-state index contributed by atoms with van der Waals surface area (Å²) in [5.41, 5.74) is 2.09. The summed E-state index contributed by atoms with van der Waals surface area (Å²) in [5.74, 6) is 1.72. The van der Waals surface area contributed by atoms with Crippen LogP contribution in [0.4, 0.5) is 11.6 Å². The van der Waals surface area contributed by atoms with Crippen molar-refractivity contribution in [3.8, 4) is 0 Å². The van der Waals surface area contributed by atoms with Gasteiger partial charge in [0.2, 0.25) is 10.0 Å². The Kier molecular flexibility index (Phi) is 6.45. The van der Waals surface area contributed by atoms with Crippen LogP contribution in [0.5, 0.6) is 0 Å². The molecular weight excluding hydrogens is 412 g/mol. The van der Waals surface area contributed by atoms with Crippen molar-refractivity contribution in [1.82, 2.24) is 19.4 Å². The second kappa shape index (κ2) is 9.10. The third-order valence-electron chi connectivity index (χ3n) is 6.46. The number of sulfonamides is 1. The molecule has 0 aliphatic carbocycles. The predicted octanol–water partition coefficient (Wildman–Crippen LogP) is 1.75. The number of aryl methyl sites for hydroxylation is 2. The summed E-state index contributed by atoms with van der Waals surface area (Å²) in [5, 5.41) is 8.88. The highest BCUT2D eigenvalue weighted by molar-refractivity contribution is 7.89. The number of hydrogen-bond donors (Lipinski definition) is 0. The summed E-state index contributed by atoms with van der Waals surface area (Å²) in [7, 11) is -3.47. The molecule has 8 nitrogen and oxygen atoms in total. The molecule has 31 heavy (non-hydrogen) atoms. The number of hydrogen-bond acceptors (Lipinski definition) is 7. The van der Waals surface area contributed by atoms with Gasteiger partial charge in [-0.15, -0.1) is 10.2 Å². The van der Waals surface area contributed by atoms with E-state index in [1.165, 1.54) is 0 Å². The fourth-order valence-corrected chi connectivity index (χ4v) is 5.64. The molecule has 0 saturated carbocycles. The normalized spacial score (nSPS) is 19.1. The average molecular weight is 445 g/mol. The van der Waals surface area contributed by atoms with Crippen LogP contribution < -0.4 is 9.80 Å². The second-order valence-electron chi connectivity index (χ2n) is 8.31. The van der Waals surface area contributed by atoms with Crippen LogP contribution in [0.15, 0.2) is 35.2 Å². The van der Waals surface area contributed by atoms with Crippen molar-refractivity contribution in [2.75, 3.05) is 68.7 Å². The molecule has 3 heterocycles. The van der Waals surface area contributed by atoms with Gasteiger partial charge in [0.25, 0.3) is 0 Å². The first-order chi connectivity index (χ1) is 14.9. The molecule has 2 fully saturated rings. The van der Waals surface area contributed by atoms with Crippen LogP contribution in [0.2, 0.25) is 0 Å². The lowest BCUT2D eigenvalue weighted by molar-refractivity contribution is 0.270. The molecule has 0 spiro atoms. The molecule has 9 heteroatoms. The van der Waals surface area contributed by atoms with Gasteiger partial charge in [-0.25, -0.2) is 8.42 Å². The molecule has 2 aliphatic rings. The summed E-state index contributed by atoms with van der Waals surface area (Å²) in [6.45, 7) is 13.3. The van der Waals surface area contributed by atoms with E-state index in [1.807, 2.05) is 32.0 Å².